The van der Waals surface area contributed by atoms with E-state index < -0.39 is 0 Å². The molecule has 0 unspecified atom stereocenters. The van der Waals surface area contributed by atoms with E-state index in [1.54, 1.807) is 5.56 Å². The highest BCUT2D eigenvalue weighted by molar-refractivity contribution is 5.33. The molecule has 2 aliphatic heterocycles. The molecule has 1 saturated heterocycles. The number of fused-ring (bicyclic) bond motifs is 1. The molecule has 0 radical (unpaired) electrons. The number of hydrogen-bond acceptors (Lipinski definition) is 2. The molecule has 16 heavy (non-hydrogen) atoms. The van der Waals surface area contributed by atoms with E-state index in [9.17, 15) is 0 Å². The minimum atomic E-state index is 0.553. The van der Waals surface area contributed by atoms with Crippen molar-refractivity contribution >= 4 is 0 Å². The fraction of sp³-hybridized carbons (Fsp3) is 0.571. The van der Waals surface area contributed by atoms with Crippen LogP contribution in [0.1, 0.15) is 30.0 Å². The molecule has 2 heteroatoms. The summed E-state index contributed by atoms with van der Waals surface area (Å²) in [6.07, 6.45) is 3.87. The van der Waals surface area contributed by atoms with Crippen molar-refractivity contribution in [2.24, 2.45) is 0 Å². The average molecular weight is 216 g/mol. The van der Waals surface area contributed by atoms with Crippen molar-refractivity contribution < 1.29 is 0 Å². The molecule has 0 aliphatic carbocycles. The van der Waals surface area contributed by atoms with E-state index in [4.69, 9.17) is 0 Å². The van der Waals surface area contributed by atoms with Gasteiger partial charge in [0.25, 0.3) is 0 Å². The number of likely N-dealkylation sites (tertiary alicyclic amines) is 1. The Morgan fingerprint density at radius 2 is 2.19 bits per heavy atom. The van der Waals surface area contributed by atoms with Crippen molar-refractivity contribution in [1.82, 2.24) is 10.2 Å². The third kappa shape index (κ3) is 1.66. The van der Waals surface area contributed by atoms with Gasteiger partial charge < -0.3 is 10.2 Å². The Kier molecular flexibility index (Phi) is 2.70. The van der Waals surface area contributed by atoms with Gasteiger partial charge >= 0.3 is 0 Å². The minimum absolute atomic E-state index is 0.553. The van der Waals surface area contributed by atoms with Gasteiger partial charge in [0.1, 0.15) is 0 Å². The van der Waals surface area contributed by atoms with Crippen molar-refractivity contribution in [1.29, 1.82) is 0 Å². The van der Waals surface area contributed by atoms with Gasteiger partial charge in [0.15, 0.2) is 0 Å². The SMILES string of the molecule is CN1CCC[C@H]1[C@H]1NCCc2ccccc21. The van der Waals surface area contributed by atoms with Crippen LogP contribution >= 0.6 is 0 Å². The number of hydrogen-bond donors (Lipinski definition) is 1. The van der Waals surface area contributed by atoms with E-state index in [2.05, 4.69) is 41.5 Å². The summed E-state index contributed by atoms with van der Waals surface area (Å²) in [6.45, 7) is 2.39. The number of benzene rings is 1. The van der Waals surface area contributed by atoms with Gasteiger partial charge in [0.2, 0.25) is 0 Å². The third-order valence-corrected chi connectivity index (χ3v) is 4.11. The summed E-state index contributed by atoms with van der Waals surface area (Å²) in [7, 11) is 2.26. The lowest BCUT2D eigenvalue weighted by Gasteiger charge is -2.34. The first-order valence-corrected chi connectivity index (χ1v) is 6.38. The summed E-state index contributed by atoms with van der Waals surface area (Å²) in [6, 6.07) is 10.2. The van der Waals surface area contributed by atoms with Gasteiger partial charge in [0.05, 0.1) is 0 Å². The summed E-state index contributed by atoms with van der Waals surface area (Å²) in [4.78, 5) is 2.51. The van der Waals surface area contributed by atoms with Crippen LogP contribution in [0.5, 0.6) is 0 Å². The molecule has 0 bridgehead atoms. The highest BCUT2D eigenvalue weighted by Gasteiger charge is 2.32. The second-order valence-electron chi connectivity index (χ2n) is 5.07. The third-order valence-electron chi connectivity index (χ3n) is 4.11. The number of rotatable bonds is 1. The fourth-order valence-electron chi connectivity index (χ4n) is 3.24. The van der Waals surface area contributed by atoms with E-state index >= 15 is 0 Å². The zero-order valence-electron chi connectivity index (χ0n) is 9.95. The maximum absolute atomic E-state index is 3.71. The summed E-state index contributed by atoms with van der Waals surface area (Å²) < 4.78 is 0. The smallest absolute Gasteiger partial charge is 0.0480 e. The highest BCUT2D eigenvalue weighted by Crippen LogP contribution is 2.32. The molecule has 2 nitrogen and oxygen atoms in total. The van der Waals surface area contributed by atoms with E-state index in [-0.39, 0.29) is 0 Å². The second kappa shape index (κ2) is 4.19. The fourth-order valence-corrected chi connectivity index (χ4v) is 3.24. The molecule has 0 aromatic heterocycles. The van der Waals surface area contributed by atoms with Crippen LogP contribution in [0.25, 0.3) is 0 Å². The van der Waals surface area contributed by atoms with Crippen LogP contribution in [0.3, 0.4) is 0 Å². The molecule has 2 aliphatic rings. The first kappa shape index (κ1) is 10.3. The number of likely N-dealkylation sites (N-methyl/N-ethyl adjacent to an activating group) is 1. The van der Waals surface area contributed by atoms with Crippen LogP contribution in [-0.2, 0) is 6.42 Å². The first-order valence-electron chi connectivity index (χ1n) is 6.38. The molecule has 1 aromatic rings. The molecule has 2 heterocycles. The molecular weight excluding hydrogens is 196 g/mol. The lowest BCUT2D eigenvalue weighted by atomic mass is 9.89. The van der Waals surface area contributed by atoms with Crippen molar-refractivity contribution in [3.05, 3.63) is 35.4 Å². The topological polar surface area (TPSA) is 15.3 Å². The average Bonchev–Trinajstić information content (AvgIpc) is 2.75. The largest absolute Gasteiger partial charge is 0.308 e. The van der Waals surface area contributed by atoms with Gasteiger partial charge in [0, 0.05) is 12.1 Å². The number of nitrogens with zero attached hydrogens (tertiary/aromatic N) is 1. The Bertz CT molecular complexity index is 375. The summed E-state index contributed by atoms with van der Waals surface area (Å²) >= 11 is 0. The molecule has 1 aromatic carbocycles. The van der Waals surface area contributed by atoms with E-state index in [1.165, 1.54) is 31.4 Å². The summed E-state index contributed by atoms with van der Waals surface area (Å²) in [5.41, 5.74) is 3.08. The zero-order chi connectivity index (χ0) is 11.0. The summed E-state index contributed by atoms with van der Waals surface area (Å²) in [5.74, 6) is 0. The normalized spacial score (nSPS) is 30.3. The molecule has 86 valence electrons. The van der Waals surface area contributed by atoms with Gasteiger partial charge in [-0.15, -0.1) is 0 Å². The van der Waals surface area contributed by atoms with E-state index in [0.29, 0.717) is 12.1 Å². The van der Waals surface area contributed by atoms with Gasteiger partial charge in [-0.1, -0.05) is 24.3 Å². The van der Waals surface area contributed by atoms with Crippen molar-refractivity contribution in [2.75, 3.05) is 20.1 Å². The van der Waals surface area contributed by atoms with Gasteiger partial charge in [-0.2, -0.15) is 0 Å². The van der Waals surface area contributed by atoms with Crippen molar-refractivity contribution in [3.63, 3.8) is 0 Å². The van der Waals surface area contributed by atoms with Gasteiger partial charge in [-0.05, 0) is 50.5 Å². The Morgan fingerprint density at radius 1 is 1.31 bits per heavy atom. The predicted molar refractivity (Wildman–Crippen MR) is 66.5 cm³/mol. The first-order chi connectivity index (χ1) is 7.86. The molecule has 0 spiro atoms. The molecule has 1 fully saturated rings. The van der Waals surface area contributed by atoms with Crippen LogP contribution < -0.4 is 5.32 Å². The van der Waals surface area contributed by atoms with Crippen LogP contribution in [0.2, 0.25) is 0 Å². The van der Waals surface area contributed by atoms with Crippen molar-refractivity contribution in [3.8, 4) is 0 Å². The summed E-state index contributed by atoms with van der Waals surface area (Å²) in [5, 5.41) is 3.71. The molecule has 3 rings (SSSR count). The highest BCUT2D eigenvalue weighted by atomic mass is 15.2. The number of nitrogens with one attached hydrogen (secondary N) is 1. The second-order valence-corrected chi connectivity index (χ2v) is 5.07. The zero-order valence-corrected chi connectivity index (χ0v) is 9.95. The van der Waals surface area contributed by atoms with E-state index in [0.717, 1.165) is 6.54 Å². The Hall–Kier alpha value is -0.860. The van der Waals surface area contributed by atoms with E-state index in [1.807, 2.05) is 0 Å². The van der Waals surface area contributed by atoms with Gasteiger partial charge in [-0.3, -0.25) is 0 Å². The predicted octanol–water partition coefficient (Wildman–Crippen LogP) is 1.97. The van der Waals surface area contributed by atoms with Crippen molar-refractivity contribution in [2.45, 2.75) is 31.3 Å². The monoisotopic (exact) mass is 216 g/mol. The lowest BCUT2D eigenvalue weighted by molar-refractivity contribution is 0.241. The molecule has 1 N–H and O–H groups in total. The molecular formula is C14H20N2. The van der Waals surface area contributed by atoms with Crippen LogP contribution in [-0.4, -0.2) is 31.1 Å². The lowest BCUT2D eigenvalue weighted by Crippen LogP contribution is -2.42. The Balaban J connectivity index is 1.92. The Labute approximate surface area is 97.6 Å². The van der Waals surface area contributed by atoms with Crippen LogP contribution in [0.4, 0.5) is 0 Å². The van der Waals surface area contributed by atoms with Crippen LogP contribution in [0, 0.1) is 0 Å². The maximum atomic E-state index is 3.71. The molecule has 0 amide bonds. The van der Waals surface area contributed by atoms with Gasteiger partial charge in [-0.25, -0.2) is 0 Å². The standard InChI is InChI=1S/C14H20N2/c1-16-10-4-7-13(16)14-12-6-3-2-5-11(12)8-9-15-14/h2-3,5-6,13-15H,4,7-10H2,1H3/t13-,14-/m0/s1. The van der Waals surface area contributed by atoms with Crippen LogP contribution in [0.15, 0.2) is 24.3 Å². The quantitative estimate of drug-likeness (QED) is 0.772. The molecule has 0 saturated carbocycles. The maximum Gasteiger partial charge on any atom is 0.0480 e. The molecule has 2 atom stereocenters. The Morgan fingerprint density at radius 3 is 3.00 bits per heavy atom. The minimum Gasteiger partial charge on any atom is -0.308 e.